The summed E-state index contributed by atoms with van der Waals surface area (Å²) >= 11 is 0. The molecule has 2 aliphatic rings. The zero-order valence-electron chi connectivity index (χ0n) is 15.3. The highest BCUT2D eigenvalue weighted by molar-refractivity contribution is 6.39. The number of fused-ring (bicyclic) bond motifs is 1. The lowest BCUT2D eigenvalue weighted by Gasteiger charge is -2.15. The average Bonchev–Trinajstić information content (AvgIpc) is 3.29. The third kappa shape index (κ3) is 3.83. The van der Waals surface area contributed by atoms with E-state index >= 15 is 0 Å². The van der Waals surface area contributed by atoms with E-state index in [-0.39, 0.29) is 12.1 Å². The Labute approximate surface area is 162 Å². The van der Waals surface area contributed by atoms with Gasteiger partial charge in [0.25, 0.3) is 0 Å². The van der Waals surface area contributed by atoms with Gasteiger partial charge in [0.05, 0.1) is 12.6 Å². The Morgan fingerprint density at radius 2 is 1.96 bits per heavy atom. The van der Waals surface area contributed by atoms with Crippen LogP contribution >= 0.6 is 0 Å². The van der Waals surface area contributed by atoms with Crippen LogP contribution in [-0.4, -0.2) is 36.0 Å². The van der Waals surface area contributed by atoms with Crippen LogP contribution in [0.25, 0.3) is 0 Å². The molecule has 3 amide bonds. The van der Waals surface area contributed by atoms with Gasteiger partial charge in [0.1, 0.15) is 6.61 Å². The van der Waals surface area contributed by atoms with Crippen molar-refractivity contribution >= 4 is 23.6 Å². The Morgan fingerprint density at radius 3 is 2.79 bits per heavy atom. The molecule has 0 saturated carbocycles. The van der Waals surface area contributed by atoms with Gasteiger partial charge in [0.2, 0.25) is 0 Å². The van der Waals surface area contributed by atoms with Crippen molar-refractivity contribution in [3.8, 4) is 0 Å². The molecule has 0 bridgehead atoms. The SMILES string of the molecule is O=C(Nc1cccc(CN2CCOC2=O)c1)C(=O)NC1CCc2ccccc21. The first kappa shape index (κ1) is 18.0. The molecule has 2 aromatic carbocycles. The smallest absolute Gasteiger partial charge is 0.410 e. The van der Waals surface area contributed by atoms with Crippen LogP contribution in [-0.2, 0) is 27.3 Å². The number of carbonyl (C=O) groups excluding carboxylic acids is 3. The van der Waals surface area contributed by atoms with Gasteiger partial charge in [-0.25, -0.2) is 4.79 Å². The minimum atomic E-state index is -0.706. The Hall–Kier alpha value is -3.35. The van der Waals surface area contributed by atoms with Crippen LogP contribution in [0.5, 0.6) is 0 Å². The van der Waals surface area contributed by atoms with Gasteiger partial charge in [0.15, 0.2) is 0 Å². The highest BCUT2D eigenvalue weighted by Crippen LogP contribution is 2.30. The summed E-state index contributed by atoms with van der Waals surface area (Å²) in [5.74, 6) is -1.36. The molecular weight excluding hydrogens is 358 g/mol. The van der Waals surface area contributed by atoms with Crippen molar-refractivity contribution in [1.29, 1.82) is 0 Å². The summed E-state index contributed by atoms with van der Waals surface area (Å²) in [5.41, 5.74) is 3.64. The topological polar surface area (TPSA) is 87.7 Å². The van der Waals surface area contributed by atoms with E-state index in [1.165, 1.54) is 5.56 Å². The number of nitrogens with zero attached hydrogens (tertiary/aromatic N) is 1. The Kier molecular flexibility index (Phi) is 4.97. The summed E-state index contributed by atoms with van der Waals surface area (Å²) in [7, 11) is 0. The van der Waals surface area contributed by atoms with Crippen LogP contribution in [0.1, 0.15) is 29.2 Å². The second-order valence-electron chi connectivity index (χ2n) is 6.95. The average molecular weight is 379 g/mol. The predicted octanol–water partition coefficient (Wildman–Crippen LogP) is 2.38. The summed E-state index contributed by atoms with van der Waals surface area (Å²) < 4.78 is 4.92. The third-order valence-electron chi connectivity index (χ3n) is 5.05. The van der Waals surface area contributed by atoms with Gasteiger partial charge in [-0.15, -0.1) is 0 Å². The summed E-state index contributed by atoms with van der Waals surface area (Å²) in [6.45, 7) is 1.33. The van der Waals surface area contributed by atoms with Crippen molar-refractivity contribution in [2.24, 2.45) is 0 Å². The number of rotatable bonds is 4. The highest BCUT2D eigenvalue weighted by atomic mass is 16.6. The van der Waals surface area contributed by atoms with Crippen LogP contribution in [0.3, 0.4) is 0 Å². The number of carbonyl (C=O) groups is 3. The highest BCUT2D eigenvalue weighted by Gasteiger charge is 2.26. The summed E-state index contributed by atoms with van der Waals surface area (Å²) in [5, 5.41) is 5.44. The molecule has 1 saturated heterocycles. The lowest BCUT2D eigenvalue weighted by molar-refractivity contribution is -0.136. The van der Waals surface area contributed by atoms with E-state index in [4.69, 9.17) is 4.74 Å². The zero-order chi connectivity index (χ0) is 19.5. The van der Waals surface area contributed by atoms with Crippen LogP contribution in [0, 0.1) is 0 Å². The summed E-state index contributed by atoms with van der Waals surface area (Å²) in [4.78, 5) is 37.8. The zero-order valence-corrected chi connectivity index (χ0v) is 15.3. The van der Waals surface area contributed by atoms with Crippen molar-refractivity contribution in [3.63, 3.8) is 0 Å². The third-order valence-corrected chi connectivity index (χ3v) is 5.05. The molecule has 1 aliphatic carbocycles. The van der Waals surface area contributed by atoms with Crippen LogP contribution in [0.15, 0.2) is 48.5 Å². The largest absolute Gasteiger partial charge is 0.448 e. The monoisotopic (exact) mass is 379 g/mol. The van der Waals surface area contributed by atoms with Gasteiger partial charge in [-0.3, -0.25) is 9.59 Å². The number of hydrogen-bond acceptors (Lipinski definition) is 4. The standard InChI is InChI=1S/C21H21N3O4/c25-19(20(26)23-18-9-8-15-5-1-2-7-17(15)18)22-16-6-3-4-14(12-16)13-24-10-11-28-21(24)27/h1-7,12,18H,8-11,13H2,(H,22,25)(H,23,26). The normalized spacial score (nSPS) is 17.8. The minimum absolute atomic E-state index is 0.137. The maximum Gasteiger partial charge on any atom is 0.410 e. The van der Waals surface area contributed by atoms with Crippen molar-refractivity contribution in [1.82, 2.24) is 10.2 Å². The van der Waals surface area contributed by atoms with E-state index in [1.54, 1.807) is 23.1 Å². The van der Waals surface area contributed by atoms with Gasteiger partial charge in [-0.2, -0.15) is 0 Å². The molecular formula is C21H21N3O4. The molecule has 2 aromatic rings. The molecule has 1 fully saturated rings. The second kappa shape index (κ2) is 7.72. The van der Waals surface area contributed by atoms with Gasteiger partial charge in [0, 0.05) is 12.2 Å². The lowest BCUT2D eigenvalue weighted by atomic mass is 10.1. The van der Waals surface area contributed by atoms with E-state index in [2.05, 4.69) is 10.6 Å². The molecule has 2 N–H and O–H groups in total. The number of ether oxygens (including phenoxy) is 1. The number of nitrogens with one attached hydrogen (secondary N) is 2. The van der Waals surface area contributed by atoms with Gasteiger partial charge in [-0.1, -0.05) is 36.4 Å². The maximum absolute atomic E-state index is 12.3. The minimum Gasteiger partial charge on any atom is -0.448 e. The van der Waals surface area contributed by atoms with Crippen molar-refractivity contribution in [3.05, 3.63) is 65.2 Å². The molecule has 0 aromatic heterocycles. The summed E-state index contributed by atoms with van der Waals surface area (Å²) in [6, 6.07) is 14.9. The molecule has 1 atom stereocenters. The van der Waals surface area contributed by atoms with E-state index in [1.807, 2.05) is 30.3 Å². The molecule has 1 heterocycles. The van der Waals surface area contributed by atoms with Crippen molar-refractivity contribution < 1.29 is 19.1 Å². The molecule has 7 nitrogen and oxygen atoms in total. The number of cyclic esters (lactones) is 1. The number of benzene rings is 2. The number of anilines is 1. The molecule has 0 radical (unpaired) electrons. The maximum atomic E-state index is 12.3. The van der Waals surface area contributed by atoms with Gasteiger partial charge >= 0.3 is 17.9 Å². The van der Waals surface area contributed by atoms with Crippen LogP contribution in [0.2, 0.25) is 0 Å². The first-order chi connectivity index (χ1) is 13.6. The molecule has 0 spiro atoms. The first-order valence-electron chi connectivity index (χ1n) is 9.30. The molecule has 144 valence electrons. The van der Waals surface area contributed by atoms with E-state index in [0.717, 1.165) is 24.0 Å². The fourth-order valence-electron chi connectivity index (χ4n) is 3.66. The van der Waals surface area contributed by atoms with E-state index in [9.17, 15) is 14.4 Å². The first-order valence-corrected chi connectivity index (χ1v) is 9.30. The summed E-state index contributed by atoms with van der Waals surface area (Å²) in [6.07, 6.45) is 1.34. The Balaban J connectivity index is 1.36. The Bertz CT molecular complexity index is 927. The lowest BCUT2D eigenvalue weighted by Crippen LogP contribution is -2.37. The van der Waals surface area contributed by atoms with Crippen LogP contribution < -0.4 is 10.6 Å². The van der Waals surface area contributed by atoms with E-state index < -0.39 is 11.8 Å². The number of hydrogen-bond donors (Lipinski definition) is 2. The fourth-order valence-corrected chi connectivity index (χ4v) is 3.66. The predicted molar refractivity (Wildman–Crippen MR) is 102 cm³/mol. The Morgan fingerprint density at radius 1 is 1.11 bits per heavy atom. The second-order valence-corrected chi connectivity index (χ2v) is 6.95. The van der Waals surface area contributed by atoms with Crippen molar-refractivity contribution in [2.45, 2.75) is 25.4 Å². The van der Waals surface area contributed by atoms with E-state index in [0.29, 0.717) is 25.4 Å². The van der Waals surface area contributed by atoms with Crippen LogP contribution in [0.4, 0.5) is 10.5 Å². The number of aryl methyl sites for hydroxylation is 1. The quantitative estimate of drug-likeness (QED) is 0.799. The molecule has 1 unspecified atom stereocenters. The molecule has 28 heavy (non-hydrogen) atoms. The molecule has 7 heteroatoms. The fraction of sp³-hybridized carbons (Fsp3) is 0.286. The van der Waals surface area contributed by atoms with Crippen molar-refractivity contribution in [2.75, 3.05) is 18.5 Å². The molecule has 1 aliphatic heterocycles. The van der Waals surface area contributed by atoms with Gasteiger partial charge in [-0.05, 0) is 41.7 Å². The molecule has 4 rings (SSSR count). The number of amides is 3. The van der Waals surface area contributed by atoms with Gasteiger partial charge < -0.3 is 20.3 Å².